The van der Waals surface area contributed by atoms with Crippen LogP contribution in [0.4, 0.5) is 0 Å². The number of aliphatic hydroxyl groups is 1. The second kappa shape index (κ2) is 5.92. The lowest BCUT2D eigenvalue weighted by Crippen LogP contribution is -2.43. The van der Waals surface area contributed by atoms with Crippen molar-refractivity contribution in [2.45, 2.75) is 50.9 Å². The molecule has 0 spiro atoms. The molecule has 2 atom stereocenters. The Morgan fingerprint density at radius 3 is 2.81 bits per heavy atom. The molecule has 0 aromatic carbocycles. The van der Waals surface area contributed by atoms with Gasteiger partial charge in [0.25, 0.3) is 0 Å². The van der Waals surface area contributed by atoms with E-state index in [-0.39, 0.29) is 11.2 Å². The van der Waals surface area contributed by atoms with Crippen molar-refractivity contribution in [2.75, 3.05) is 12.3 Å². The summed E-state index contributed by atoms with van der Waals surface area (Å²) in [4.78, 5) is 11.7. The summed E-state index contributed by atoms with van der Waals surface area (Å²) < 4.78 is 0. The Balaban J connectivity index is 2.29. The van der Waals surface area contributed by atoms with Crippen molar-refractivity contribution in [3.8, 4) is 0 Å². The molecule has 1 heterocycles. The normalized spacial score (nSPS) is 24.4. The summed E-state index contributed by atoms with van der Waals surface area (Å²) in [5, 5.41) is 13.0. The predicted octanol–water partition coefficient (Wildman–Crippen LogP) is 1.80. The van der Waals surface area contributed by atoms with E-state index in [1.54, 1.807) is 18.7 Å². The van der Waals surface area contributed by atoms with E-state index in [4.69, 9.17) is 0 Å². The Morgan fingerprint density at radius 1 is 1.62 bits per heavy atom. The molecule has 1 aliphatic heterocycles. The van der Waals surface area contributed by atoms with Gasteiger partial charge in [0.05, 0.1) is 10.9 Å². The fraction of sp³-hybridized carbons (Fsp3) is 0.917. The largest absolute Gasteiger partial charge is 0.388 e. The average Bonchev–Trinajstić information content (AvgIpc) is 2.64. The highest BCUT2D eigenvalue weighted by molar-refractivity contribution is 8.00. The van der Waals surface area contributed by atoms with E-state index in [2.05, 4.69) is 19.2 Å². The molecule has 1 saturated heterocycles. The van der Waals surface area contributed by atoms with Crippen molar-refractivity contribution in [3.63, 3.8) is 0 Å². The first kappa shape index (κ1) is 13.8. The summed E-state index contributed by atoms with van der Waals surface area (Å²) in [6.07, 6.45) is 2.82. The molecule has 1 fully saturated rings. The van der Waals surface area contributed by atoms with Gasteiger partial charge < -0.3 is 10.4 Å². The van der Waals surface area contributed by atoms with Crippen LogP contribution in [0.2, 0.25) is 0 Å². The topological polar surface area (TPSA) is 49.3 Å². The zero-order valence-corrected chi connectivity index (χ0v) is 11.3. The number of hydrogen-bond donors (Lipinski definition) is 2. The van der Waals surface area contributed by atoms with Crippen LogP contribution in [0.25, 0.3) is 0 Å². The van der Waals surface area contributed by atoms with Crippen molar-refractivity contribution >= 4 is 17.7 Å². The van der Waals surface area contributed by atoms with E-state index in [0.29, 0.717) is 18.9 Å². The average molecular weight is 245 g/mol. The van der Waals surface area contributed by atoms with Crippen LogP contribution < -0.4 is 5.32 Å². The minimum Gasteiger partial charge on any atom is -0.388 e. The van der Waals surface area contributed by atoms with Gasteiger partial charge in [-0.3, -0.25) is 4.79 Å². The van der Waals surface area contributed by atoms with Crippen LogP contribution in [0.5, 0.6) is 0 Å². The minimum atomic E-state index is -0.785. The molecule has 2 unspecified atom stereocenters. The third kappa shape index (κ3) is 4.74. The van der Waals surface area contributed by atoms with E-state index >= 15 is 0 Å². The molecule has 1 rings (SSSR count). The summed E-state index contributed by atoms with van der Waals surface area (Å²) >= 11 is 1.72. The second-order valence-corrected chi connectivity index (χ2v) is 6.62. The summed E-state index contributed by atoms with van der Waals surface area (Å²) in [5.74, 6) is 1.61. The van der Waals surface area contributed by atoms with Crippen LogP contribution in [0.15, 0.2) is 0 Å². The molecular formula is C12H23NO2S. The lowest BCUT2D eigenvalue weighted by Gasteiger charge is -2.26. The third-order valence-electron chi connectivity index (χ3n) is 2.71. The molecule has 0 bridgehead atoms. The highest BCUT2D eigenvalue weighted by Crippen LogP contribution is 2.26. The van der Waals surface area contributed by atoms with Crippen LogP contribution in [0, 0.1) is 5.92 Å². The van der Waals surface area contributed by atoms with Crippen LogP contribution >= 0.6 is 11.8 Å². The maximum Gasteiger partial charge on any atom is 0.233 e. The monoisotopic (exact) mass is 245 g/mol. The van der Waals surface area contributed by atoms with Crippen molar-refractivity contribution in [1.82, 2.24) is 5.32 Å². The maximum absolute atomic E-state index is 11.7. The molecule has 1 amide bonds. The molecule has 1 aliphatic rings. The number of nitrogens with one attached hydrogen (secondary N) is 1. The maximum atomic E-state index is 11.7. The first-order valence-corrected chi connectivity index (χ1v) is 7.07. The number of hydrogen-bond acceptors (Lipinski definition) is 3. The fourth-order valence-electron chi connectivity index (χ4n) is 2.13. The standard InChI is InChI=1S/C12H23NO2S/c1-9(2)7-12(3,15)8-13-11(14)10-5-4-6-16-10/h9-10,15H,4-8H2,1-3H3,(H,13,14). The number of carbonyl (C=O) groups excluding carboxylic acids is 1. The number of rotatable bonds is 5. The van der Waals surface area contributed by atoms with Gasteiger partial charge in [-0.05, 0) is 37.9 Å². The third-order valence-corrected chi connectivity index (χ3v) is 4.09. The Hall–Kier alpha value is -0.220. The Kier molecular flexibility index (Phi) is 5.12. The van der Waals surface area contributed by atoms with Crippen molar-refractivity contribution in [3.05, 3.63) is 0 Å². The zero-order valence-electron chi connectivity index (χ0n) is 10.5. The van der Waals surface area contributed by atoms with Crippen molar-refractivity contribution in [1.29, 1.82) is 0 Å². The van der Waals surface area contributed by atoms with Gasteiger partial charge in [-0.1, -0.05) is 13.8 Å². The van der Waals surface area contributed by atoms with E-state index in [1.165, 1.54) is 0 Å². The van der Waals surface area contributed by atoms with E-state index in [9.17, 15) is 9.90 Å². The lowest BCUT2D eigenvalue weighted by atomic mass is 9.94. The van der Waals surface area contributed by atoms with Crippen LogP contribution in [0.1, 0.15) is 40.0 Å². The van der Waals surface area contributed by atoms with Crippen molar-refractivity contribution < 1.29 is 9.90 Å². The number of thioether (sulfide) groups is 1. The highest BCUT2D eigenvalue weighted by Gasteiger charge is 2.27. The highest BCUT2D eigenvalue weighted by atomic mass is 32.2. The smallest absolute Gasteiger partial charge is 0.233 e. The molecule has 16 heavy (non-hydrogen) atoms. The van der Waals surface area contributed by atoms with Gasteiger partial charge in [-0.15, -0.1) is 11.8 Å². The van der Waals surface area contributed by atoms with Gasteiger partial charge in [-0.25, -0.2) is 0 Å². The molecule has 0 aromatic heterocycles. The van der Waals surface area contributed by atoms with Crippen LogP contribution in [-0.4, -0.2) is 34.2 Å². The summed E-state index contributed by atoms with van der Waals surface area (Å²) in [5.41, 5.74) is -0.785. The number of carbonyl (C=O) groups is 1. The second-order valence-electron chi connectivity index (χ2n) is 5.31. The van der Waals surface area contributed by atoms with Gasteiger partial charge >= 0.3 is 0 Å². The molecule has 4 heteroatoms. The minimum absolute atomic E-state index is 0.0894. The molecule has 2 N–H and O–H groups in total. The first-order valence-electron chi connectivity index (χ1n) is 6.02. The van der Waals surface area contributed by atoms with Crippen molar-refractivity contribution in [2.24, 2.45) is 5.92 Å². The van der Waals surface area contributed by atoms with Gasteiger partial charge in [0, 0.05) is 6.54 Å². The lowest BCUT2D eigenvalue weighted by molar-refractivity contribution is -0.121. The van der Waals surface area contributed by atoms with E-state index < -0.39 is 5.60 Å². The first-order chi connectivity index (χ1) is 7.41. The van der Waals surface area contributed by atoms with Gasteiger partial charge in [-0.2, -0.15) is 0 Å². The van der Waals surface area contributed by atoms with Crippen LogP contribution in [0.3, 0.4) is 0 Å². The molecule has 3 nitrogen and oxygen atoms in total. The van der Waals surface area contributed by atoms with Gasteiger partial charge in [0.1, 0.15) is 0 Å². The fourth-order valence-corrected chi connectivity index (χ4v) is 3.31. The quantitative estimate of drug-likeness (QED) is 0.776. The Bertz CT molecular complexity index is 235. The number of amides is 1. The van der Waals surface area contributed by atoms with E-state index in [0.717, 1.165) is 18.6 Å². The summed E-state index contributed by atoms with van der Waals surface area (Å²) in [7, 11) is 0. The summed E-state index contributed by atoms with van der Waals surface area (Å²) in [6.45, 7) is 6.29. The molecule has 94 valence electrons. The van der Waals surface area contributed by atoms with E-state index in [1.807, 2.05) is 0 Å². The Morgan fingerprint density at radius 2 is 2.31 bits per heavy atom. The molecule has 0 aliphatic carbocycles. The Labute approximate surface area is 102 Å². The molecule has 0 saturated carbocycles. The molecule has 0 radical (unpaired) electrons. The van der Waals surface area contributed by atoms with Gasteiger partial charge in [0.15, 0.2) is 0 Å². The predicted molar refractivity (Wildman–Crippen MR) is 68.6 cm³/mol. The molecule has 0 aromatic rings. The SMILES string of the molecule is CC(C)CC(C)(O)CNC(=O)C1CCCS1. The summed E-state index contributed by atoms with van der Waals surface area (Å²) in [6, 6.07) is 0. The van der Waals surface area contributed by atoms with Gasteiger partial charge in [0.2, 0.25) is 5.91 Å². The van der Waals surface area contributed by atoms with Crippen LogP contribution in [-0.2, 0) is 4.79 Å². The molecular weight excluding hydrogens is 222 g/mol. The zero-order chi connectivity index (χ0) is 12.2.